The lowest BCUT2D eigenvalue weighted by atomic mass is 10.2. The topological polar surface area (TPSA) is 29.9 Å². The molecule has 0 radical (unpaired) electrons. The molecule has 3 nitrogen and oxygen atoms in total. The molecule has 0 unspecified atom stereocenters. The average Bonchev–Trinajstić information content (AvgIpc) is 2.72. The highest BCUT2D eigenvalue weighted by atomic mass is 15.0. The summed E-state index contributed by atoms with van der Waals surface area (Å²) >= 11 is 0. The van der Waals surface area contributed by atoms with Crippen molar-refractivity contribution in [2.45, 2.75) is 13.0 Å². The highest BCUT2D eigenvalue weighted by molar-refractivity contribution is 5.06. The first-order valence-corrected chi connectivity index (χ1v) is 5.57. The molecule has 0 saturated heterocycles. The van der Waals surface area contributed by atoms with E-state index in [4.69, 9.17) is 0 Å². The van der Waals surface area contributed by atoms with Gasteiger partial charge in [0.25, 0.3) is 0 Å². The zero-order valence-electron chi connectivity index (χ0n) is 9.56. The molecule has 0 aliphatic rings. The van der Waals surface area contributed by atoms with Crippen molar-refractivity contribution < 1.29 is 0 Å². The second kappa shape index (κ2) is 5.47. The molecule has 0 aromatic carbocycles. The third-order valence-electron chi connectivity index (χ3n) is 2.64. The Hall–Kier alpha value is -1.61. The van der Waals surface area contributed by atoms with Crippen molar-refractivity contribution in [3.05, 3.63) is 54.1 Å². The number of hydrogen-bond donors (Lipinski definition) is 1. The van der Waals surface area contributed by atoms with Gasteiger partial charge in [-0.15, -0.1) is 0 Å². The summed E-state index contributed by atoms with van der Waals surface area (Å²) in [6.45, 7) is 1.87. The van der Waals surface area contributed by atoms with Crippen molar-refractivity contribution in [3.8, 4) is 0 Å². The number of rotatable bonds is 5. The zero-order valence-corrected chi connectivity index (χ0v) is 9.56. The molecule has 2 aromatic heterocycles. The van der Waals surface area contributed by atoms with Crippen LogP contribution in [0.15, 0.2) is 42.7 Å². The van der Waals surface area contributed by atoms with Gasteiger partial charge in [-0.1, -0.05) is 6.07 Å². The molecule has 0 fully saturated rings. The number of nitrogens with one attached hydrogen (secondary N) is 1. The molecule has 2 rings (SSSR count). The van der Waals surface area contributed by atoms with E-state index in [1.54, 1.807) is 0 Å². The van der Waals surface area contributed by atoms with Gasteiger partial charge in [0, 0.05) is 50.3 Å². The van der Waals surface area contributed by atoms with Crippen molar-refractivity contribution in [3.63, 3.8) is 0 Å². The van der Waals surface area contributed by atoms with Crippen LogP contribution in [0.3, 0.4) is 0 Å². The van der Waals surface area contributed by atoms with Gasteiger partial charge in [0.1, 0.15) is 0 Å². The SMILES string of the molecule is Cn1cccc1CNCCc1ccccn1. The number of hydrogen-bond acceptors (Lipinski definition) is 2. The number of aromatic nitrogens is 2. The van der Waals surface area contributed by atoms with Crippen LogP contribution in [0.1, 0.15) is 11.4 Å². The van der Waals surface area contributed by atoms with E-state index >= 15 is 0 Å². The molecule has 84 valence electrons. The van der Waals surface area contributed by atoms with Crippen LogP contribution >= 0.6 is 0 Å². The maximum atomic E-state index is 4.29. The van der Waals surface area contributed by atoms with Gasteiger partial charge in [0.2, 0.25) is 0 Å². The molecule has 0 aliphatic heterocycles. The van der Waals surface area contributed by atoms with Crippen LogP contribution in [0.25, 0.3) is 0 Å². The lowest BCUT2D eigenvalue weighted by molar-refractivity contribution is 0.648. The first-order valence-electron chi connectivity index (χ1n) is 5.57. The zero-order chi connectivity index (χ0) is 11.2. The summed E-state index contributed by atoms with van der Waals surface area (Å²) in [6.07, 6.45) is 4.88. The van der Waals surface area contributed by atoms with Crippen LogP contribution in [0.5, 0.6) is 0 Å². The van der Waals surface area contributed by atoms with E-state index in [1.807, 2.05) is 18.3 Å². The standard InChI is InChI=1S/C13H17N3/c1-16-10-4-6-13(16)11-14-9-7-12-5-2-3-8-15-12/h2-6,8,10,14H,7,9,11H2,1H3. The van der Waals surface area contributed by atoms with Crippen LogP contribution in [0, 0.1) is 0 Å². The molecular weight excluding hydrogens is 198 g/mol. The van der Waals surface area contributed by atoms with E-state index < -0.39 is 0 Å². The van der Waals surface area contributed by atoms with Gasteiger partial charge in [0.05, 0.1) is 0 Å². The summed E-state index contributed by atoms with van der Waals surface area (Å²) < 4.78 is 2.13. The smallest absolute Gasteiger partial charge is 0.0416 e. The van der Waals surface area contributed by atoms with Crippen molar-refractivity contribution in [2.75, 3.05) is 6.54 Å². The lowest BCUT2D eigenvalue weighted by Crippen LogP contribution is -2.18. The average molecular weight is 215 g/mol. The highest BCUT2D eigenvalue weighted by Gasteiger charge is 1.96. The molecule has 2 aromatic rings. The summed E-state index contributed by atoms with van der Waals surface area (Å²) in [4.78, 5) is 4.29. The normalized spacial score (nSPS) is 10.6. The third kappa shape index (κ3) is 2.94. The first-order chi connectivity index (χ1) is 7.86. The fourth-order valence-electron chi connectivity index (χ4n) is 1.66. The monoisotopic (exact) mass is 215 g/mol. The van der Waals surface area contributed by atoms with Crippen LogP contribution < -0.4 is 5.32 Å². The minimum absolute atomic E-state index is 0.913. The Kier molecular flexibility index (Phi) is 3.72. The van der Waals surface area contributed by atoms with Crippen LogP contribution in [0.4, 0.5) is 0 Å². The van der Waals surface area contributed by atoms with Crippen LogP contribution in [0.2, 0.25) is 0 Å². The van der Waals surface area contributed by atoms with Gasteiger partial charge >= 0.3 is 0 Å². The molecule has 0 spiro atoms. The molecule has 1 N–H and O–H groups in total. The molecular formula is C13H17N3. The molecule has 0 atom stereocenters. The van der Waals surface area contributed by atoms with E-state index in [0.29, 0.717) is 0 Å². The Morgan fingerprint density at radius 1 is 1.25 bits per heavy atom. The van der Waals surface area contributed by atoms with Crippen molar-refractivity contribution in [1.29, 1.82) is 0 Å². The van der Waals surface area contributed by atoms with E-state index in [0.717, 1.165) is 25.2 Å². The molecule has 3 heteroatoms. The molecule has 2 heterocycles. The second-order valence-electron chi connectivity index (χ2n) is 3.86. The summed E-state index contributed by atoms with van der Waals surface area (Å²) in [5.74, 6) is 0. The molecule has 0 aliphatic carbocycles. The highest BCUT2D eigenvalue weighted by Crippen LogP contribution is 1.99. The third-order valence-corrected chi connectivity index (χ3v) is 2.64. The Bertz CT molecular complexity index is 420. The summed E-state index contributed by atoms with van der Waals surface area (Å²) in [5.41, 5.74) is 2.45. The van der Waals surface area contributed by atoms with E-state index in [9.17, 15) is 0 Å². The fraction of sp³-hybridized carbons (Fsp3) is 0.308. The van der Waals surface area contributed by atoms with Gasteiger partial charge in [0.15, 0.2) is 0 Å². The first kappa shape index (κ1) is 10.9. The second-order valence-corrected chi connectivity index (χ2v) is 3.86. The molecule has 0 amide bonds. The van der Waals surface area contributed by atoms with Crippen molar-refractivity contribution in [2.24, 2.45) is 7.05 Å². The minimum Gasteiger partial charge on any atom is -0.353 e. The number of pyridine rings is 1. The maximum absolute atomic E-state index is 4.29. The van der Waals surface area contributed by atoms with E-state index in [1.165, 1.54) is 5.69 Å². The Labute approximate surface area is 96.1 Å². The van der Waals surface area contributed by atoms with E-state index in [-0.39, 0.29) is 0 Å². The van der Waals surface area contributed by atoms with Gasteiger partial charge in [-0.2, -0.15) is 0 Å². The van der Waals surface area contributed by atoms with Crippen molar-refractivity contribution in [1.82, 2.24) is 14.9 Å². The van der Waals surface area contributed by atoms with E-state index in [2.05, 4.69) is 46.3 Å². The molecule has 16 heavy (non-hydrogen) atoms. The van der Waals surface area contributed by atoms with Gasteiger partial charge < -0.3 is 9.88 Å². The Balaban J connectivity index is 1.72. The quantitative estimate of drug-likeness (QED) is 0.770. The minimum atomic E-state index is 0.913. The number of nitrogens with zero attached hydrogens (tertiary/aromatic N) is 2. The van der Waals surface area contributed by atoms with Crippen molar-refractivity contribution >= 4 is 0 Å². The van der Waals surface area contributed by atoms with Gasteiger partial charge in [-0.3, -0.25) is 4.98 Å². The summed E-state index contributed by atoms with van der Waals surface area (Å²) in [6, 6.07) is 10.2. The Morgan fingerprint density at radius 2 is 2.19 bits per heavy atom. The molecule has 0 saturated carbocycles. The number of aryl methyl sites for hydroxylation is 1. The van der Waals surface area contributed by atoms with Crippen LogP contribution in [-0.4, -0.2) is 16.1 Å². The van der Waals surface area contributed by atoms with Crippen LogP contribution in [-0.2, 0) is 20.0 Å². The maximum Gasteiger partial charge on any atom is 0.0416 e. The predicted octanol–water partition coefficient (Wildman–Crippen LogP) is 1.75. The predicted molar refractivity (Wildman–Crippen MR) is 65.1 cm³/mol. The van der Waals surface area contributed by atoms with Gasteiger partial charge in [-0.25, -0.2) is 0 Å². The summed E-state index contributed by atoms with van der Waals surface area (Å²) in [7, 11) is 2.07. The largest absolute Gasteiger partial charge is 0.353 e. The lowest BCUT2D eigenvalue weighted by Gasteiger charge is -2.05. The summed E-state index contributed by atoms with van der Waals surface area (Å²) in [5, 5.41) is 3.42. The van der Waals surface area contributed by atoms with Gasteiger partial charge in [-0.05, 0) is 24.3 Å². The molecule has 0 bridgehead atoms. The fourth-order valence-corrected chi connectivity index (χ4v) is 1.66. The Morgan fingerprint density at radius 3 is 2.88 bits per heavy atom.